The van der Waals surface area contributed by atoms with Gasteiger partial charge < -0.3 is 14.8 Å². The van der Waals surface area contributed by atoms with Crippen molar-refractivity contribution in [2.24, 2.45) is 0 Å². The fraction of sp³-hybridized carbons (Fsp3) is 0.304. The average Bonchev–Trinajstić information content (AvgIpc) is 3.25. The van der Waals surface area contributed by atoms with Crippen molar-refractivity contribution in [1.82, 2.24) is 5.32 Å². The van der Waals surface area contributed by atoms with E-state index < -0.39 is 5.97 Å². The first kappa shape index (κ1) is 19.5. The molecule has 1 aliphatic heterocycles. The molecule has 2 aliphatic rings. The lowest BCUT2D eigenvalue weighted by Crippen LogP contribution is -2.34. The third-order valence-corrected chi connectivity index (χ3v) is 5.90. The summed E-state index contributed by atoms with van der Waals surface area (Å²) in [5.74, 6) is 0.0674. The van der Waals surface area contributed by atoms with E-state index in [9.17, 15) is 9.59 Å². The molecule has 2 aromatic rings. The van der Waals surface area contributed by atoms with Gasteiger partial charge in [0.25, 0.3) is 0 Å². The van der Waals surface area contributed by atoms with E-state index in [1.54, 1.807) is 11.3 Å². The second-order valence-electron chi connectivity index (χ2n) is 7.12. The van der Waals surface area contributed by atoms with Crippen molar-refractivity contribution in [2.45, 2.75) is 32.1 Å². The third kappa shape index (κ3) is 4.12. The minimum absolute atomic E-state index is 0.111. The van der Waals surface area contributed by atoms with Crippen LogP contribution in [0.5, 0.6) is 5.75 Å². The van der Waals surface area contributed by atoms with E-state index in [4.69, 9.17) is 9.47 Å². The molecule has 1 aliphatic carbocycles. The van der Waals surface area contributed by atoms with Crippen LogP contribution in [0.4, 0.5) is 0 Å². The molecule has 6 heteroatoms. The first-order valence-electron chi connectivity index (χ1n) is 9.76. The Bertz CT molecular complexity index is 960. The van der Waals surface area contributed by atoms with Crippen molar-refractivity contribution < 1.29 is 19.1 Å². The summed E-state index contributed by atoms with van der Waals surface area (Å²) in [6, 6.07) is 11.4. The van der Waals surface area contributed by atoms with Crippen molar-refractivity contribution in [2.75, 3.05) is 13.2 Å². The Morgan fingerprint density at radius 2 is 2.00 bits per heavy atom. The summed E-state index contributed by atoms with van der Waals surface area (Å²) in [4.78, 5) is 25.7. The van der Waals surface area contributed by atoms with Gasteiger partial charge in [-0.3, -0.25) is 4.79 Å². The molecule has 1 N–H and O–H groups in total. The summed E-state index contributed by atoms with van der Waals surface area (Å²) in [6.45, 7) is 2.28. The number of hydrogen-bond donors (Lipinski definition) is 1. The Morgan fingerprint density at radius 1 is 1.17 bits per heavy atom. The Balaban J connectivity index is 1.51. The Labute approximate surface area is 174 Å². The van der Waals surface area contributed by atoms with Crippen LogP contribution in [0.3, 0.4) is 0 Å². The number of ketones is 1. The topological polar surface area (TPSA) is 64.6 Å². The molecular formula is C23H23NO4S. The molecule has 29 heavy (non-hydrogen) atoms. The van der Waals surface area contributed by atoms with Gasteiger partial charge in [-0.05, 0) is 54.3 Å². The molecule has 4 rings (SSSR count). The molecular weight excluding hydrogens is 386 g/mol. The zero-order chi connectivity index (χ0) is 20.2. The quantitative estimate of drug-likeness (QED) is 0.568. The zero-order valence-electron chi connectivity index (χ0n) is 16.3. The van der Waals surface area contributed by atoms with Gasteiger partial charge in [-0.1, -0.05) is 18.2 Å². The maximum atomic E-state index is 13.0. The molecule has 1 aromatic heterocycles. The highest BCUT2D eigenvalue weighted by molar-refractivity contribution is 7.08. The van der Waals surface area contributed by atoms with Crippen LogP contribution in [-0.2, 0) is 14.3 Å². The van der Waals surface area contributed by atoms with E-state index in [-0.39, 0.29) is 24.9 Å². The minimum atomic E-state index is -0.409. The fourth-order valence-corrected chi connectivity index (χ4v) is 4.60. The number of hydrogen-bond acceptors (Lipinski definition) is 6. The molecule has 1 aromatic carbocycles. The molecule has 0 saturated heterocycles. The summed E-state index contributed by atoms with van der Waals surface area (Å²) >= 11 is 1.56. The number of nitrogens with one attached hydrogen (secondary N) is 1. The van der Waals surface area contributed by atoms with E-state index in [1.807, 2.05) is 54.1 Å². The van der Waals surface area contributed by atoms with Gasteiger partial charge in [0, 0.05) is 29.3 Å². The van der Waals surface area contributed by atoms with Crippen LogP contribution in [0, 0.1) is 0 Å². The Hall–Kier alpha value is -2.86. The smallest absolute Gasteiger partial charge is 0.336 e. The second-order valence-corrected chi connectivity index (χ2v) is 7.90. The highest BCUT2D eigenvalue weighted by Gasteiger charge is 2.39. The highest BCUT2D eigenvalue weighted by Crippen LogP contribution is 2.42. The number of thiophene rings is 1. The number of ether oxygens (including phenoxy) is 2. The first-order valence-corrected chi connectivity index (χ1v) is 10.7. The largest absolute Gasteiger partial charge is 0.490 e. The van der Waals surface area contributed by atoms with Gasteiger partial charge in [-0.15, -0.1) is 0 Å². The third-order valence-electron chi connectivity index (χ3n) is 5.20. The molecule has 0 bridgehead atoms. The summed E-state index contributed by atoms with van der Waals surface area (Å²) in [5.41, 5.74) is 3.89. The normalized spacial score (nSPS) is 18.9. The molecule has 0 saturated carbocycles. The number of Topliss-reactive ketones (excluding diaryl/α,β-unsaturated/α-hetero) is 1. The number of carbonyl (C=O) groups excluding carboxylic acids is 2. The molecule has 2 heterocycles. The second kappa shape index (κ2) is 8.66. The van der Waals surface area contributed by atoms with Crippen LogP contribution >= 0.6 is 11.3 Å². The van der Waals surface area contributed by atoms with Gasteiger partial charge in [-0.25, -0.2) is 4.79 Å². The van der Waals surface area contributed by atoms with Gasteiger partial charge in [0.1, 0.15) is 19.0 Å². The SMILES string of the molecule is CC1=C(C(=O)OCCOc2ccccc2)[C@@H](c2ccsc2)C2=C(CCCC2=O)N1. The molecule has 0 amide bonds. The lowest BCUT2D eigenvalue weighted by atomic mass is 9.76. The minimum Gasteiger partial charge on any atom is -0.490 e. The van der Waals surface area contributed by atoms with E-state index in [1.165, 1.54) is 0 Å². The predicted molar refractivity (Wildman–Crippen MR) is 112 cm³/mol. The Morgan fingerprint density at radius 3 is 2.76 bits per heavy atom. The van der Waals surface area contributed by atoms with Crippen molar-refractivity contribution >= 4 is 23.1 Å². The van der Waals surface area contributed by atoms with Gasteiger partial charge >= 0.3 is 5.97 Å². The number of para-hydroxylation sites is 1. The first-order chi connectivity index (χ1) is 14.1. The summed E-state index contributed by atoms with van der Waals surface area (Å²) < 4.78 is 11.1. The monoisotopic (exact) mass is 409 g/mol. The lowest BCUT2D eigenvalue weighted by molar-refractivity contribution is -0.140. The maximum Gasteiger partial charge on any atom is 0.336 e. The molecule has 0 unspecified atom stereocenters. The maximum absolute atomic E-state index is 13.0. The number of allylic oxidation sites excluding steroid dienone is 3. The standard InChI is InChI=1S/C23H23NO4S/c1-15-20(23(26)28-12-11-27-17-6-3-2-4-7-17)21(16-10-13-29-14-16)22-18(24-15)8-5-9-19(22)25/h2-4,6-7,10,13-14,21,24H,5,8-9,11-12H2,1H3/t21-/m1/s1. The van der Waals surface area contributed by atoms with Crippen molar-refractivity contribution in [3.63, 3.8) is 0 Å². The number of dihydropyridines is 1. The number of carbonyl (C=O) groups is 2. The van der Waals surface area contributed by atoms with Crippen molar-refractivity contribution in [3.8, 4) is 5.75 Å². The van der Waals surface area contributed by atoms with Crippen molar-refractivity contribution in [1.29, 1.82) is 0 Å². The van der Waals surface area contributed by atoms with Gasteiger partial charge in [0.15, 0.2) is 5.78 Å². The molecule has 0 radical (unpaired) electrons. The van der Waals surface area contributed by atoms with E-state index >= 15 is 0 Å². The lowest BCUT2D eigenvalue weighted by Gasteiger charge is -2.33. The molecule has 5 nitrogen and oxygen atoms in total. The summed E-state index contributed by atoms with van der Waals surface area (Å²) in [7, 11) is 0. The highest BCUT2D eigenvalue weighted by atomic mass is 32.1. The summed E-state index contributed by atoms with van der Waals surface area (Å²) in [5, 5.41) is 7.27. The van der Waals surface area contributed by atoms with Crippen LogP contribution in [0.15, 0.2) is 69.7 Å². The number of rotatable bonds is 6. The van der Waals surface area contributed by atoms with Gasteiger partial charge in [0.2, 0.25) is 0 Å². The van der Waals surface area contributed by atoms with Crippen LogP contribution in [0.1, 0.15) is 37.7 Å². The van der Waals surface area contributed by atoms with Gasteiger partial charge in [0.05, 0.1) is 5.57 Å². The number of esters is 1. The molecule has 1 atom stereocenters. The van der Waals surface area contributed by atoms with E-state index in [0.29, 0.717) is 17.6 Å². The zero-order valence-corrected chi connectivity index (χ0v) is 17.1. The van der Waals surface area contributed by atoms with Crippen LogP contribution in [-0.4, -0.2) is 25.0 Å². The van der Waals surface area contributed by atoms with E-state index in [2.05, 4.69) is 5.32 Å². The fourth-order valence-electron chi connectivity index (χ4n) is 3.91. The molecule has 0 spiro atoms. The Kier molecular flexibility index (Phi) is 5.81. The van der Waals surface area contributed by atoms with Crippen LogP contribution in [0.2, 0.25) is 0 Å². The molecule has 150 valence electrons. The van der Waals surface area contributed by atoms with Gasteiger partial charge in [-0.2, -0.15) is 11.3 Å². The predicted octanol–water partition coefficient (Wildman–Crippen LogP) is 4.34. The molecule has 0 fully saturated rings. The van der Waals surface area contributed by atoms with E-state index in [0.717, 1.165) is 35.5 Å². The van der Waals surface area contributed by atoms with Crippen LogP contribution in [0.25, 0.3) is 0 Å². The average molecular weight is 410 g/mol. The van der Waals surface area contributed by atoms with Crippen LogP contribution < -0.4 is 10.1 Å². The number of benzene rings is 1. The van der Waals surface area contributed by atoms with Crippen molar-refractivity contribution in [3.05, 3.63) is 75.3 Å². The summed E-state index contributed by atoms with van der Waals surface area (Å²) in [6.07, 6.45) is 2.19.